The van der Waals surface area contributed by atoms with E-state index in [2.05, 4.69) is 0 Å². The number of benzene rings is 1. The highest BCUT2D eigenvalue weighted by atomic mass is 35.5. The van der Waals surface area contributed by atoms with Crippen molar-refractivity contribution in [1.82, 2.24) is 0 Å². The fraction of sp³-hybridized carbons (Fsp3) is 0.385. The molecule has 0 spiro atoms. The monoisotopic (exact) mass is 270 g/mol. The fourth-order valence-electron chi connectivity index (χ4n) is 1.51. The van der Waals surface area contributed by atoms with Crippen molar-refractivity contribution in [3.05, 3.63) is 28.8 Å². The Morgan fingerprint density at radius 2 is 1.89 bits per heavy atom. The Hall–Kier alpha value is -1.55. The number of methoxy groups -OCH3 is 1. The lowest BCUT2D eigenvalue weighted by Gasteiger charge is -2.15. The third kappa shape index (κ3) is 3.01. The molecule has 0 saturated heterocycles. The summed E-state index contributed by atoms with van der Waals surface area (Å²) in [6.07, 6.45) is 0. The van der Waals surface area contributed by atoms with Gasteiger partial charge in [-0.15, -0.1) is 0 Å². The van der Waals surface area contributed by atoms with E-state index in [0.29, 0.717) is 11.3 Å². The van der Waals surface area contributed by atoms with Gasteiger partial charge in [-0.2, -0.15) is 0 Å². The molecule has 98 valence electrons. The summed E-state index contributed by atoms with van der Waals surface area (Å²) in [6, 6.07) is 4.71. The number of hydrogen-bond donors (Lipinski definition) is 1. The quantitative estimate of drug-likeness (QED) is 0.836. The molecule has 0 fully saturated rings. The summed E-state index contributed by atoms with van der Waals surface area (Å²) in [6.45, 7) is 3.09. The summed E-state index contributed by atoms with van der Waals surface area (Å²) in [5.74, 6) is -2.11. The first-order valence-corrected chi connectivity index (χ1v) is 5.86. The molecule has 1 aromatic carbocycles. The highest BCUT2D eigenvalue weighted by Crippen LogP contribution is 2.26. The van der Waals surface area contributed by atoms with Gasteiger partial charge in [0.05, 0.1) is 18.1 Å². The second-order valence-corrected chi connectivity index (χ2v) is 4.53. The molecule has 0 saturated carbocycles. The summed E-state index contributed by atoms with van der Waals surface area (Å²) >= 11 is 5.98. The second-order valence-electron chi connectivity index (χ2n) is 4.13. The average Bonchev–Trinajstić information content (AvgIpc) is 2.35. The molecule has 0 radical (unpaired) electrons. The molecule has 1 N–H and O–H groups in total. The SMILES string of the molecule is COc1ccc(C(=O)C(C)C(C)C(=O)O)c(Cl)c1. The van der Waals surface area contributed by atoms with Gasteiger partial charge in [0.15, 0.2) is 5.78 Å². The minimum Gasteiger partial charge on any atom is -0.497 e. The molecule has 0 aliphatic heterocycles. The maximum Gasteiger partial charge on any atom is 0.306 e. The molecular weight excluding hydrogens is 256 g/mol. The molecule has 2 unspecified atom stereocenters. The first kappa shape index (κ1) is 14.5. The van der Waals surface area contributed by atoms with Crippen molar-refractivity contribution in [3.8, 4) is 5.75 Å². The minimum atomic E-state index is -1.000. The zero-order valence-electron chi connectivity index (χ0n) is 10.4. The van der Waals surface area contributed by atoms with Crippen LogP contribution in [0.15, 0.2) is 18.2 Å². The average molecular weight is 271 g/mol. The minimum absolute atomic E-state index is 0.267. The number of hydrogen-bond acceptors (Lipinski definition) is 3. The number of carbonyl (C=O) groups is 2. The Balaban J connectivity index is 3.00. The highest BCUT2D eigenvalue weighted by Gasteiger charge is 2.27. The van der Waals surface area contributed by atoms with E-state index in [1.54, 1.807) is 19.1 Å². The maximum atomic E-state index is 12.1. The van der Waals surface area contributed by atoms with Crippen LogP contribution in [0, 0.1) is 11.8 Å². The standard InChI is InChI=1S/C13H15ClO4/c1-7(8(2)13(16)17)12(15)10-5-4-9(18-3)6-11(10)14/h4-8H,1-3H3,(H,16,17). The Labute approximate surface area is 111 Å². The molecule has 0 amide bonds. The Bertz CT molecular complexity index is 470. The molecule has 18 heavy (non-hydrogen) atoms. The maximum absolute atomic E-state index is 12.1. The zero-order chi connectivity index (χ0) is 13.9. The topological polar surface area (TPSA) is 63.6 Å². The lowest BCUT2D eigenvalue weighted by Crippen LogP contribution is -2.25. The molecule has 1 rings (SSSR count). The molecule has 2 atom stereocenters. The van der Waals surface area contributed by atoms with Crippen LogP contribution < -0.4 is 4.74 Å². The largest absolute Gasteiger partial charge is 0.497 e. The number of aliphatic carboxylic acids is 1. The van der Waals surface area contributed by atoms with Crippen LogP contribution in [-0.4, -0.2) is 24.0 Å². The van der Waals surface area contributed by atoms with Crippen LogP contribution >= 0.6 is 11.6 Å². The van der Waals surface area contributed by atoms with Crippen molar-refractivity contribution in [1.29, 1.82) is 0 Å². The number of carbonyl (C=O) groups excluding carboxylic acids is 1. The first-order chi connectivity index (χ1) is 8.38. The molecule has 0 heterocycles. The molecular formula is C13H15ClO4. The molecule has 4 nitrogen and oxygen atoms in total. The van der Waals surface area contributed by atoms with E-state index >= 15 is 0 Å². The molecule has 1 aromatic rings. The molecule has 0 bridgehead atoms. The van der Waals surface area contributed by atoms with Crippen molar-refractivity contribution in [2.45, 2.75) is 13.8 Å². The van der Waals surface area contributed by atoms with Crippen LogP contribution in [0.25, 0.3) is 0 Å². The van der Waals surface area contributed by atoms with Crippen molar-refractivity contribution in [2.75, 3.05) is 7.11 Å². The number of Topliss-reactive ketones (excluding diaryl/α,β-unsaturated/α-hetero) is 1. The van der Waals surface area contributed by atoms with Gasteiger partial charge in [0.2, 0.25) is 0 Å². The Morgan fingerprint density at radius 3 is 2.33 bits per heavy atom. The van der Waals surface area contributed by atoms with Crippen molar-refractivity contribution in [3.63, 3.8) is 0 Å². The van der Waals surface area contributed by atoms with Gasteiger partial charge >= 0.3 is 5.97 Å². The van der Waals surface area contributed by atoms with Gasteiger partial charge < -0.3 is 9.84 Å². The smallest absolute Gasteiger partial charge is 0.306 e. The van der Waals surface area contributed by atoms with Gasteiger partial charge in [-0.1, -0.05) is 25.4 Å². The van der Waals surface area contributed by atoms with Crippen LogP contribution in [0.3, 0.4) is 0 Å². The van der Waals surface area contributed by atoms with E-state index in [1.165, 1.54) is 20.1 Å². The normalized spacial score (nSPS) is 13.8. The van der Waals surface area contributed by atoms with E-state index in [4.69, 9.17) is 21.4 Å². The third-order valence-electron chi connectivity index (χ3n) is 2.99. The highest BCUT2D eigenvalue weighted by molar-refractivity contribution is 6.34. The predicted molar refractivity (Wildman–Crippen MR) is 68.3 cm³/mol. The number of carboxylic acid groups (broad SMARTS) is 1. The summed E-state index contributed by atoms with van der Waals surface area (Å²) in [4.78, 5) is 23.0. The fourth-order valence-corrected chi connectivity index (χ4v) is 1.77. The number of ether oxygens (including phenoxy) is 1. The van der Waals surface area contributed by atoms with Crippen molar-refractivity contribution >= 4 is 23.4 Å². The van der Waals surface area contributed by atoms with Gasteiger partial charge in [0.1, 0.15) is 5.75 Å². The van der Waals surface area contributed by atoms with Crippen LogP contribution in [0.5, 0.6) is 5.75 Å². The Morgan fingerprint density at radius 1 is 1.28 bits per heavy atom. The van der Waals surface area contributed by atoms with Crippen molar-refractivity contribution < 1.29 is 19.4 Å². The predicted octanol–water partition coefficient (Wildman–Crippen LogP) is 2.89. The van der Waals surface area contributed by atoms with E-state index in [9.17, 15) is 9.59 Å². The van der Waals surface area contributed by atoms with E-state index in [1.807, 2.05) is 0 Å². The van der Waals surface area contributed by atoms with Crippen LogP contribution in [0.4, 0.5) is 0 Å². The van der Waals surface area contributed by atoms with Crippen LogP contribution in [0.2, 0.25) is 5.02 Å². The summed E-state index contributed by atoms with van der Waals surface area (Å²) < 4.78 is 4.99. The van der Waals surface area contributed by atoms with Gasteiger partial charge in [-0.05, 0) is 18.2 Å². The van der Waals surface area contributed by atoms with Crippen LogP contribution in [0.1, 0.15) is 24.2 Å². The lowest BCUT2D eigenvalue weighted by molar-refractivity contribution is -0.142. The summed E-state index contributed by atoms with van der Waals surface area (Å²) in [7, 11) is 1.50. The molecule has 0 aliphatic carbocycles. The number of rotatable bonds is 5. The van der Waals surface area contributed by atoms with E-state index in [0.717, 1.165) is 0 Å². The van der Waals surface area contributed by atoms with Crippen LogP contribution in [-0.2, 0) is 4.79 Å². The second kappa shape index (κ2) is 5.87. The van der Waals surface area contributed by atoms with Gasteiger partial charge in [-0.25, -0.2) is 0 Å². The van der Waals surface area contributed by atoms with E-state index < -0.39 is 17.8 Å². The third-order valence-corrected chi connectivity index (χ3v) is 3.31. The lowest BCUT2D eigenvalue weighted by atomic mass is 9.88. The van der Waals surface area contributed by atoms with Gasteiger partial charge in [0, 0.05) is 11.5 Å². The number of halogens is 1. The summed E-state index contributed by atoms with van der Waals surface area (Å²) in [5, 5.41) is 9.16. The molecule has 5 heteroatoms. The van der Waals surface area contributed by atoms with Crippen molar-refractivity contribution in [2.24, 2.45) is 11.8 Å². The van der Waals surface area contributed by atoms with Gasteiger partial charge in [0.25, 0.3) is 0 Å². The first-order valence-electron chi connectivity index (χ1n) is 5.49. The Kier molecular flexibility index (Phi) is 4.73. The zero-order valence-corrected chi connectivity index (χ0v) is 11.2. The molecule has 0 aliphatic rings. The van der Waals surface area contributed by atoms with Gasteiger partial charge in [-0.3, -0.25) is 9.59 Å². The number of carboxylic acids is 1. The molecule has 0 aromatic heterocycles. The van der Waals surface area contributed by atoms with E-state index in [-0.39, 0.29) is 10.8 Å². The summed E-state index contributed by atoms with van der Waals surface area (Å²) in [5.41, 5.74) is 0.318. The number of ketones is 1.